The van der Waals surface area contributed by atoms with Gasteiger partial charge in [-0.2, -0.15) is 0 Å². The van der Waals surface area contributed by atoms with E-state index in [4.69, 9.17) is 14.2 Å². The van der Waals surface area contributed by atoms with E-state index in [1.807, 2.05) is 25.1 Å². The molecule has 0 aliphatic rings. The third-order valence-corrected chi connectivity index (χ3v) is 4.32. The first-order chi connectivity index (χ1) is 14.1. The molecule has 0 aromatic heterocycles. The minimum atomic E-state index is -0.385. The summed E-state index contributed by atoms with van der Waals surface area (Å²) in [5.74, 6) is 1.31. The Morgan fingerprint density at radius 2 is 1.77 bits per heavy atom. The number of nitrogens with zero attached hydrogens (tertiary/aromatic N) is 1. The van der Waals surface area contributed by atoms with Crippen LogP contribution in [0.3, 0.4) is 0 Å². The number of halogens is 2. The maximum absolute atomic E-state index is 13.8. The minimum Gasteiger partial charge on any atom is -0.494 e. The van der Waals surface area contributed by atoms with Gasteiger partial charge in [0.25, 0.3) is 0 Å². The fraction of sp³-hybridized carbons (Fsp3) is 0.409. The van der Waals surface area contributed by atoms with Crippen LogP contribution in [-0.4, -0.2) is 40.4 Å². The Kier molecular flexibility index (Phi) is 12.1. The molecule has 2 aromatic rings. The zero-order valence-corrected chi connectivity index (χ0v) is 20.3. The zero-order chi connectivity index (χ0) is 21.1. The zero-order valence-electron chi connectivity index (χ0n) is 18.0. The van der Waals surface area contributed by atoms with Crippen molar-refractivity contribution in [3.8, 4) is 11.5 Å². The number of hydrogen-bond acceptors (Lipinski definition) is 4. The van der Waals surface area contributed by atoms with Gasteiger partial charge in [-0.1, -0.05) is 18.2 Å². The third-order valence-electron chi connectivity index (χ3n) is 4.32. The summed E-state index contributed by atoms with van der Waals surface area (Å²) in [6.07, 6.45) is 0.832. The second kappa shape index (κ2) is 14.0. The lowest BCUT2D eigenvalue weighted by molar-refractivity contribution is 0.171. The summed E-state index contributed by atoms with van der Waals surface area (Å²) in [6.45, 7) is 4.29. The molecule has 0 aliphatic carbocycles. The lowest BCUT2D eigenvalue weighted by Crippen LogP contribution is -2.36. The van der Waals surface area contributed by atoms with Crippen LogP contribution < -0.4 is 20.1 Å². The third kappa shape index (κ3) is 8.35. The number of aliphatic imine (C=N–C) groups is 1. The highest BCUT2D eigenvalue weighted by Crippen LogP contribution is 2.21. The highest BCUT2D eigenvalue weighted by Gasteiger charge is 2.07. The molecule has 2 aromatic carbocycles. The monoisotopic (exact) mass is 531 g/mol. The van der Waals surface area contributed by atoms with E-state index in [1.54, 1.807) is 20.2 Å². The molecule has 0 aliphatic heterocycles. The van der Waals surface area contributed by atoms with Crippen molar-refractivity contribution in [3.63, 3.8) is 0 Å². The Balaban J connectivity index is 0.00000450. The van der Waals surface area contributed by atoms with Gasteiger partial charge in [0.2, 0.25) is 0 Å². The molecule has 0 radical (unpaired) electrons. The normalized spacial score (nSPS) is 10.9. The number of rotatable bonds is 10. The lowest BCUT2D eigenvalue weighted by atomic mass is 10.1. The number of guanidine groups is 1. The van der Waals surface area contributed by atoms with Crippen LogP contribution in [0, 0.1) is 12.7 Å². The van der Waals surface area contributed by atoms with Crippen molar-refractivity contribution in [2.45, 2.75) is 26.4 Å². The molecule has 0 saturated heterocycles. The van der Waals surface area contributed by atoms with Crippen LogP contribution in [0.2, 0.25) is 0 Å². The van der Waals surface area contributed by atoms with Crippen LogP contribution in [0.1, 0.15) is 23.1 Å². The number of hydrogen-bond donors (Lipinski definition) is 2. The van der Waals surface area contributed by atoms with E-state index < -0.39 is 0 Å². The Labute approximate surface area is 195 Å². The van der Waals surface area contributed by atoms with Crippen molar-refractivity contribution in [2.75, 3.05) is 34.5 Å². The van der Waals surface area contributed by atoms with Gasteiger partial charge in [-0.3, -0.25) is 4.99 Å². The van der Waals surface area contributed by atoms with Gasteiger partial charge in [0, 0.05) is 45.8 Å². The van der Waals surface area contributed by atoms with Crippen LogP contribution >= 0.6 is 24.0 Å². The molecule has 0 fully saturated rings. The van der Waals surface area contributed by atoms with Crippen molar-refractivity contribution >= 4 is 29.9 Å². The highest BCUT2D eigenvalue weighted by molar-refractivity contribution is 14.0. The van der Waals surface area contributed by atoms with E-state index in [0.29, 0.717) is 32.3 Å². The van der Waals surface area contributed by atoms with Crippen molar-refractivity contribution in [1.82, 2.24) is 10.6 Å². The van der Waals surface area contributed by atoms with E-state index >= 15 is 0 Å². The van der Waals surface area contributed by atoms with E-state index in [9.17, 15) is 4.39 Å². The van der Waals surface area contributed by atoms with Crippen LogP contribution in [0.25, 0.3) is 0 Å². The predicted octanol–water partition coefficient (Wildman–Crippen LogP) is 4.04. The first-order valence-corrected chi connectivity index (χ1v) is 9.55. The quantitative estimate of drug-likeness (QED) is 0.210. The molecule has 6 nitrogen and oxygen atoms in total. The molecule has 166 valence electrons. The molecule has 0 amide bonds. The van der Waals surface area contributed by atoms with Gasteiger partial charge < -0.3 is 24.8 Å². The fourth-order valence-corrected chi connectivity index (χ4v) is 2.73. The summed E-state index contributed by atoms with van der Waals surface area (Å²) in [6, 6.07) is 11.0. The first-order valence-electron chi connectivity index (χ1n) is 9.55. The van der Waals surface area contributed by atoms with Gasteiger partial charge >= 0.3 is 0 Å². The Morgan fingerprint density at radius 3 is 2.43 bits per heavy atom. The molecule has 8 heteroatoms. The van der Waals surface area contributed by atoms with Crippen molar-refractivity contribution in [3.05, 3.63) is 58.9 Å². The maximum atomic E-state index is 13.8. The number of nitrogens with one attached hydrogen (secondary N) is 2. The molecule has 0 unspecified atom stereocenters. The molecule has 0 atom stereocenters. The highest BCUT2D eigenvalue weighted by atomic mass is 127. The topological polar surface area (TPSA) is 64.1 Å². The SMILES string of the molecule is CN=C(NCc1ccc(OC)c(F)c1)NCc1ccc(C)cc1OCCCOC.I. The molecule has 30 heavy (non-hydrogen) atoms. The summed E-state index contributed by atoms with van der Waals surface area (Å²) in [5.41, 5.74) is 2.97. The summed E-state index contributed by atoms with van der Waals surface area (Å²) in [4.78, 5) is 4.23. The Bertz CT molecular complexity index is 818. The van der Waals surface area contributed by atoms with Gasteiger partial charge in [0.1, 0.15) is 5.75 Å². The number of methoxy groups -OCH3 is 2. The second-order valence-corrected chi connectivity index (χ2v) is 6.55. The summed E-state index contributed by atoms with van der Waals surface area (Å²) < 4.78 is 29.8. The Morgan fingerprint density at radius 1 is 1.00 bits per heavy atom. The predicted molar refractivity (Wildman–Crippen MR) is 129 cm³/mol. The van der Waals surface area contributed by atoms with E-state index in [2.05, 4.69) is 21.7 Å². The van der Waals surface area contributed by atoms with E-state index in [1.165, 1.54) is 13.2 Å². The van der Waals surface area contributed by atoms with Gasteiger partial charge in [0.05, 0.1) is 13.7 Å². The molecular weight excluding hydrogens is 500 g/mol. The summed E-state index contributed by atoms with van der Waals surface area (Å²) >= 11 is 0. The lowest BCUT2D eigenvalue weighted by Gasteiger charge is -2.16. The molecule has 2 N–H and O–H groups in total. The van der Waals surface area contributed by atoms with Crippen molar-refractivity contribution in [1.29, 1.82) is 0 Å². The number of benzene rings is 2. The average molecular weight is 531 g/mol. The minimum absolute atomic E-state index is 0. The van der Waals surface area contributed by atoms with Crippen LogP contribution in [0.15, 0.2) is 41.4 Å². The molecule has 0 spiro atoms. The van der Waals surface area contributed by atoms with E-state index in [0.717, 1.165) is 28.9 Å². The smallest absolute Gasteiger partial charge is 0.191 e. The number of ether oxygens (including phenoxy) is 3. The number of aryl methyl sites for hydroxylation is 1. The fourth-order valence-electron chi connectivity index (χ4n) is 2.73. The molecule has 0 heterocycles. The van der Waals surface area contributed by atoms with Gasteiger partial charge in [0.15, 0.2) is 17.5 Å². The van der Waals surface area contributed by atoms with Gasteiger partial charge in [-0.05, 0) is 36.2 Å². The van der Waals surface area contributed by atoms with Crippen LogP contribution in [0.4, 0.5) is 4.39 Å². The van der Waals surface area contributed by atoms with Crippen LogP contribution in [-0.2, 0) is 17.8 Å². The summed E-state index contributed by atoms with van der Waals surface area (Å²) in [5, 5.41) is 6.46. The van der Waals surface area contributed by atoms with Gasteiger partial charge in [-0.15, -0.1) is 24.0 Å². The first kappa shape index (κ1) is 26.0. The summed E-state index contributed by atoms with van der Waals surface area (Å²) in [7, 11) is 4.82. The average Bonchev–Trinajstić information content (AvgIpc) is 2.72. The molecule has 0 bridgehead atoms. The van der Waals surface area contributed by atoms with Gasteiger partial charge in [-0.25, -0.2) is 4.39 Å². The molecular formula is C22H31FIN3O3. The largest absolute Gasteiger partial charge is 0.494 e. The Hall–Kier alpha value is -2.07. The molecule has 2 rings (SSSR count). The van der Waals surface area contributed by atoms with Crippen molar-refractivity contribution < 1.29 is 18.6 Å². The standard InChI is InChI=1S/C22H30FN3O3.HI/c1-16-6-8-18(21(12-16)29-11-5-10-27-3)15-26-22(24-2)25-14-17-7-9-20(28-4)19(23)13-17;/h6-9,12-13H,5,10-11,14-15H2,1-4H3,(H2,24,25,26);1H. The maximum Gasteiger partial charge on any atom is 0.191 e. The van der Waals surface area contributed by atoms with E-state index in [-0.39, 0.29) is 35.5 Å². The van der Waals surface area contributed by atoms with Crippen LogP contribution in [0.5, 0.6) is 11.5 Å². The van der Waals surface area contributed by atoms with Crippen molar-refractivity contribution in [2.24, 2.45) is 4.99 Å². The molecule has 0 saturated carbocycles. The second-order valence-electron chi connectivity index (χ2n) is 6.55.